The van der Waals surface area contributed by atoms with Crippen LogP contribution in [0, 0.1) is 0 Å². The minimum absolute atomic E-state index is 0.319. The molecule has 1 aromatic carbocycles. The molecule has 1 N–H and O–H groups in total. The lowest BCUT2D eigenvalue weighted by atomic mass is 10.1. The summed E-state index contributed by atoms with van der Waals surface area (Å²) in [6, 6.07) is 5.87. The van der Waals surface area contributed by atoms with Crippen LogP contribution in [0.3, 0.4) is 0 Å². The van der Waals surface area contributed by atoms with Gasteiger partial charge in [-0.1, -0.05) is 29.3 Å². The maximum Gasteiger partial charge on any atom is 0.328 e. The molecular formula is C14H16ClNO3. The Balaban J connectivity index is 2.85. The Kier molecular flexibility index (Phi) is 5.57. The van der Waals surface area contributed by atoms with E-state index in [4.69, 9.17) is 11.6 Å². The molecule has 1 rings (SSSR count). The Morgan fingerprint density at radius 3 is 2.58 bits per heavy atom. The first-order valence-electron chi connectivity index (χ1n) is 5.73. The normalized spacial score (nSPS) is 11.5. The van der Waals surface area contributed by atoms with Crippen LogP contribution in [-0.4, -0.2) is 25.0 Å². The maximum absolute atomic E-state index is 12.0. The van der Waals surface area contributed by atoms with Crippen LogP contribution in [-0.2, 0) is 9.53 Å². The number of hydrogen-bond acceptors (Lipinski definition) is 3. The number of rotatable bonds is 5. The van der Waals surface area contributed by atoms with Crippen LogP contribution in [0.1, 0.15) is 23.7 Å². The fourth-order valence-electron chi connectivity index (χ4n) is 1.57. The summed E-state index contributed by atoms with van der Waals surface area (Å²) >= 11 is 5.93. The number of esters is 1. The number of amides is 1. The van der Waals surface area contributed by atoms with Gasteiger partial charge in [0, 0.05) is 0 Å². The van der Waals surface area contributed by atoms with Gasteiger partial charge in [-0.2, -0.15) is 0 Å². The molecule has 0 fully saturated rings. The third-order valence-corrected chi connectivity index (χ3v) is 2.79. The van der Waals surface area contributed by atoms with Crippen LogP contribution in [0.2, 0.25) is 5.02 Å². The van der Waals surface area contributed by atoms with Crippen LogP contribution in [0.25, 0.3) is 0 Å². The average molecular weight is 282 g/mol. The van der Waals surface area contributed by atoms with Crippen molar-refractivity contribution in [2.75, 3.05) is 7.11 Å². The van der Waals surface area contributed by atoms with E-state index < -0.39 is 17.9 Å². The van der Waals surface area contributed by atoms with Crippen molar-refractivity contribution >= 4 is 23.5 Å². The molecular weight excluding hydrogens is 266 g/mol. The van der Waals surface area contributed by atoms with E-state index in [0.29, 0.717) is 17.0 Å². The topological polar surface area (TPSA) is 55.4 Å². The van der Waals surface area contributed by atoms with Gasteiger partial charge in [0.05, 0.1) is 17.7 Å². The van der Waals surface area contributed by atoms with E-state index in [-0.39, 0.29) is 0 Å². The molecule has 0 aliphatic rings. The van der Waals surface area contributed by atoms with E-state index in [1.165, 1.54) is 7.11 Å². The van der Waals surface area contributed by atoms with Crippen molar-refractivity contribution in [2.45, 2.75) is 19.4 Å². The van der Waals surface area contributed by atoms with Gasteiger partial charge in [0.15, 0.2) is 0 Å². The lowest BCUT2D eigenvalue weighted by Crippen LogP contribution is -2.41. The number of carbonyl (C=O) groups excluding carboxylic acids is 2. The van der Waals surface area contributed by atoms with E-state index >= 15 is 0 Å². The second-order valence-electron chi connectivity index (χ2n) is 4.19. The van der Waals surface area contributed by atoms with E-state index in [1.54, 1.807) is 31.2 Å². The predicted molar refractivity (Wildman–Crippen MR) is 74.2 cm³/mol. The van der Waals surface area contributed by atoms with Crippen molar-refractivity contribution in [3.63, 3.8) is 0 Å². The molecule has 0 spiro atoms. The highest BCUT2D eigenvalue weighted by molar-refractivity contribution is 6.33. The number of hydrogen-bond donors (Lipinski definition) is 1. The zero-order chi connectivity index (χ0) is 14.4. The van der Waals surface area contributed by atoms with Crippen molar-refractivity contribution in [3.8, 4) is 0 Å². The van der Waals surface area contributed by atoms with Crippen LogP contribution in [0.4, 0.5) is 0 Å². The number of nitrogens with one attached hydrogen (secondary N) is 1. The zero-order valence-electron chi connectivity index (χ0n) is 10.9. The van der Waals surface area contributed by atoms with Gasteiger partial charge in [0.2, 0.25) is 0 Å². The van der Waals surface area contributed by atoms with Crippen molar-refractivity contribution in [1.29, 1.82) is 0 Å². The van der Waals surface area contributed by atoms with Crippen LogP contribution in [0.15, 0.2) is 36.4 Å². The van der Waals surface area contributed by atoms with Gasteiger partial charge in [-0.15, -0.1) is 6.58 Å². The summed E-state index contributed by atoms with van der Waals surface area (Å²) in [5.74, 6) is -0.925. The highest BCUT2D eigenvalue weighted by Crippen LogP contribution is 2.15. The summed E-state index contributed by atoms with van der Waals surface area (Å²) in [5, 5.41) is 2.93. The molecule has 4 nitrogen and oxygen atoms in total. The second-order valence-corrected chi connectivity index (χ2v) is 4.60. The third kappa shape index (κ3) is 4.41. The summed E-state index contributed by atoms with van der Waals surface area (Å²) in [4.78, 5) is 23.6. The number of benzene rings is 1. The molecule has 5 heteroatoms. The van der Waals surface area contributed by atoms with Crippen LogP contribution < -0.4 is 5.32 Å². The molecule has 0 radical (unpaired) electrons. The largest absolute Gasteiger partial charge is 0.467 e. The first-order chi connectivity index (χ1) is 8.95. The molecule has 0 aromatic heterocycles. The predicted octanol–water partition coefficient (Wildman–Crippen LogP) is 2.58. The monoisotopic (exact) mass is 281 g/mol. The van der Waals surface area contributed by atoms with Crippen molar-refractivity contribution in [1.82, 2.24) is 5.32 Å². The second kappa shape index (κ2) is 6.95. The van der Waals surface area contributed by atoms with Gasteiger partial charge >= 0.3 is 5.97 Å². The van der Waals surface area contributed by atoms with Gasteiger partial charge < -0.3 is 10.1 Å². The minimum Gasteiger partial charge on any atom is -0.467 e. The molecule has 0 saturated carbocycles. The molecule has 0 unspecified atom stereocenters. The molecule has 0 saturated heterocycles. The molecule has 1 aromatic rings. The average Bonchev–Trinajstić information content (AvgIpc) is 2.36. The fraction of sp³-hybridized carbons (Fsp3) is 0.286. The molecule has 19 heavy (non-hydrogen) atoms. The smallest absolute Gasteiger partial charge is 0.328 e. The zero-order valence-corrected chi connectivity index (χ0v) is 11.7. The Hall–Kier alpha value is -1.81. The Labute approximate surface area is 117 Å². The lowest BCUT2D eigenvalue weighted by Gasteiger charge is -2.16. The van der Waals surface area contributed by atoms with Crippen molar-refractivity contribution < 1.29 is 14.3 Å². The molecule has 0 bridgehead atoms. The molecule has 102 valence electrons. The first kappa shape index (κ1) is 15.2. The van der Waals surface area contributed by atoms with E-state index in [9.17, 15) is 9.59 Å². The minimum atomic E-state index is -0.758. The number of carbonyl (C=O) groups is 2. The maximum atomic E-state index is 12.0. The highest BCUT2D eigenvalue weighted by atomic mass is 35.5. The van der Waals surface area contributed by atoms with Crippen LogP contribution >= 0.6 is 11.6 Å². The van der Waals surface area contributed by atoms with Gasteiger partial charge in [-0.3, -0.25) is 4.79 Å². The summed E-state index contributed by atoms with van der Waals surface area (Å²) < 4.78 is 4.65. The first-order valence-corrected chi connectivity index (χ1v) is 6.11. The number of halogens is 1. The summed E-state index contributed by atoms with van der Waals surface area (Å²) in [5.41, 5.74) is 1.09. The Morgan fingerprint density at radius 1 is 1.42 bits per heavy atom. The van der Waals surface area contributed by atoms with Gasteiger partial charge in [-0.05, 0) is 25.5 Å². The number of ether oxygens (including phenoxy) is 1. The molecule has 0 heterocycles. The lowest BCUT2D eigenvalue weighted by molar-refractivity contribution is -0.142. The Morgan fingerprint density at radius 2 is 2.05 bits per heavy atom. The van der Waals surface area contributed by atoms with Gasteiger partial charge in [0.1, 0.15) is 6.04 Å². The molecule has 1 atom stereocenters. The standard InChI is InChI=1S/C14H16ClNO3/c1-9(2)8-12(14(18)19-3)16-13(17)10-6-4-5-7-11(10)15/h4-7,12H,1,8H2,2-3H3,(H,16,17)/t12-/m1/s1. The summed E-state index contributed by atoms with van der Waals surface area (Å²) in [7, 11) is 1.27. The van der Waals surface area contributed by atoms with Crippen molar-refractivity contribution in [3.05, 3.63) is 47.0 Å². The van der Waals surface area contributed by atoms with Gasteiger partial charge in [0.25, 0.3) is 5.91 Å². The highest BCUT2D eigenvalue weighted by Gasteiger charge is 2.22. The molecule has 0 aliphatic heterocycles. The van der Waals surface area contributed by atoms with E-state index in [0.717, 1.165) is 5.57 Å². The van der Waals surface area contributed by atoms with Crippen molar-refractivity contribution in [2.24, 2.45) is 0 Å². The Bertz CT molecular complexity index is 499. The SMILES string of the molecule is C=C(C)C[C@@H](NC(=O)c1ccccc1Cl)C(=O)OC. The quantitative estimate of drug-likeness (QED) is 0.667. The summed E-state index contributed by atoms with van der Waals surface area (Å²) in [6.07, 6.45) is 0.322. The molecule has 1 amide bonds. The van der Waals surface area contributed by atoms with Gasteiger partial charge in [-0.25, -0.2) is 4.79 Å². The number of methoxy groups -OCH3 is 1. The van der Waals surface area contributed by atoms with E-state index in [1.807, 2.05) is 0 Å². The fourth-order valence-corrected chi connectivity index (χ4v) is 1.79. The van der Waals surface area contributed by atoms with Crippen LogP contribution in [0.5, 0.6) is 0 Å². The molecule has 0 aliphatic carbocycles. The summed E-state index contributed by atoms with van der Waals surface area (Å²) in [6.45, 7) is 5.50. The third-order valence-electron chi connectivity index (χ3n) is 2.46. The van der Waals surface area contributed by atoms with E-state index in [2.05, 4.69) is 16.6 Å².